The first-order chi connectivity index (χ1) is 12.4. The van der Waals surface area contributed by atoms with Gasteiger partial charge >= 0.3 is 0 Å². The number of morpholine rings is 1. The first kappa shape index (κ1) is 19.2. The predicted octanol–water partition coefficient (Wildman–Crippen LogP) is 3.90. The Kier molecular flexibility index (Phi) is 5.86. The normalized spacial score (nSPS) is 23.4. The average molecular weight is 360 g/mol. The summed E-state index contributed by atoms with van der Waals surface area (Å²) in [7, 11) is 0. The second kappa shape index (κ2) is 7.95. The van der Waals surface area contributed by atoms with Gasteiger partial charge in [-0.1, -0.05) is 33.6 Å². The van der Waals surface area contributed by atoms with Crippen molar-refractivity contribution in [2.75, 3.05) is 13.1 Å². The fourth-order valence-electron chi connectivity index (χ4n) is 4.14. The van der Waals surface area contributed by atoms with Crippen molar-refractivity contribution in [3.05, 3.63) is 22.5 Å². The van der Waals surface area contributed by atoms with Gasteiger partial charge in [0.05, 0.1) is 12.2 Å². The number of amides is 1. The molecule has 1 aliphatic heterocycles. The van der Waals surface area contributed by atoms with Crippen LogP contribution in [-0.4, -0.2) is 46.9 Å². The van der Waals surface area contributed by atoms with Crippen LogP contribution in [0.2, 0.25) is 0 Å². The lowest BCUT2D eigenvalue weighted by Gasteiger charge is -2.40. The van der Waals surface area contributed by atoms with Gasteiger partial charge in [0.2, 0.25) is 0 Å². The predicted molar refractivity (Wildman–Crippen MR) is 102 cm³/mol. The molecule has 3 rings (SSSR count). The summed E-state index contributed by atoms with van der Waals surface area (Å²) >= 11 is 0. The maximum atomic E-state index is 13.3. The molecule has 0 aromatic carbocycles. The van der Waals surface area contributed by atoms with E-state index in [-0.39, 0.29) is 23.9 Å². The number of aromatic amines is 1. The second-order valence-corrected chi connectivity index (χ2v) is 8.15. The van der Waals surface area contributed by atoms with E-state index in [0.29, 0.717) is 31.1 Å². The highest BCUT2D eigenvalue weighted by molar-refractivity contribution is 6.04. The van der Waals surface area contributed by atoms with Crippen LogP contribution in [0.3, 0.4) is 0 Å². The third kappa shape index (κ3) is 3.73. The van der Waals surface area contributed by atoms with Gasteiger partial charge in [-0.2, -0.15) is 0 Å². The van der Waals surface area contributed by atoms with Crippen LogP contribution in [0.15, 0.2) is 0 Å². The van der Waals surface area contributed by atoms with Gasteiger partial charge in [0, 0.05) is 30.8 Å². The quantitative estimate of drug-likeness (QED) is 0.866. The number of aromatic nitrogens is 1. The minimum atomic E-state index is 0.0140. The molecule has 1 N–H and O–H groups in total. The number of nitrogens with zero attached hydrogens (tertiary/aromatic N) is 1. The minimum Gasteiger partial charge on any atom is -0.371 e. The number of hydrogen-bond donors (Lipinski definition) is 1. The van der Waals surface area contributed by atoms with E-state index in [2.05, 4.69) is 25.8 Å². The van der Waals surface area contributed by atoms with E-state index < -0.39 is 0 Å². The number of carbonyl (C=O) groups excluding carboxylic acids is 2. The number of ketones is 1. The molecule has 0 spiro atoms. The highest BCUT2D eigenvalue weighted by Crippen LogP contribution is 2.28. The Balaban J connectivity index is 1.82. The van der Waals surface area contributed by atoms with Gasteiger partial charge in [-0.3, -0.25) is 9.59 Å². The molecule has 0 saturated carbocycles. The van der Waals surface area contributed by atoms with E-state index in [1.165, 1.54) is 0 Å². The van der Waals surface area contributed by atoms with Crippen molar-refractivity contribution in [3.63, 3.8) is 0 Å². The zero-order valence-electron chi connectivity index (χ0n) is 16.6. The smallest absolute Gasteiger partial charge is 0.270 e. The molecule has 26 heavy (non-hydrogen) atoms. The maximum absolute atomic E-state index is 13.3. The van der Waals surface area contributed by atoms with Crippen LogP contribution in [0.25, 0.3) is 0 Å². The van der Waals surface area contributed by atoms with Crippen LogP contribution in [-0.2, 0) is 11.2 Å². The largest absolute Gasteiger partial charge is 0.371 e. The molecule has 2 heterocycles. The van der Waals surface area contributed by atoms with Gasteiger partial charge in [0.1, 0.15) is 5.69 Å². The van der Waals surface area contributed by atoms with Crippen molar-refractivity contribution in [3.8, 4) is 0 Å². The van der Waals surface area contributed by atoms with Crippen LogP contribution in [0.5, 0.6) is 0 Å². The number of hydrogen-bond acceptors (Lipinski definition) is 3. The number of ether oxygens (including phenoxy) is 1. The Morgan fingerprint density at radius 2 is 2.08 bits per heavy atom. The molecule has 1 saturated heterocycles. The molecular weight excluding hydrogens is 328 g/mol. The molecule has 2 aliphatic rings. The molecule has 5 heteroatoms. The Morgan fingerprint density at radius 1 is 1.31 bits per heavy atom. The molecule has 2 atom stereocenters. The minimum absolute atomic E-state index is 0.0140. The standard InChI is InChI=1S/C21H32N2O3/c1-5-6-8-15-11-23(12-18(26-15)13(2)3)21(25)20-14(4)19-16(22-20)9-7-10-17(19)24/h13,15,18,22H,5-12H2,1-4H3/t15-,18-/m1/s1. The summed E-state index contributed by atoms with van der Waals surface area (Å²) in [5.74, 6) is 0.552. The number of Topliss-reactive ketones (excluding diaryl/α,β-unsaturated/α-hetero) is 1. The van der Waals surface area contributed by atoms with Crippen molar-refractivity contribution in [1.29, 1.82) is 0 Å². The molecule has 1 amide bonds. The molecule has 1 aromatic rings. The van der Waals surface area contributed by atoms with Crippen LogP contribution in [0.1, 0.15) is 85.0 Å². The summed E-state index contributed by atoms with van der Waals surface area (Å²) in [5, 5.41) is 0. The van der Waals surface area contributed by atoms with Crippen molar-refractivity contribution >= 4 is 11.7 Å². The molecule has 1 aromatic heterocycles. The lowest BCUT2D eigenvalue weighted by Crippen LogP contribution is -2.51. The van der Waals surface area contributed by atoms with E-state index in [4.69, 9.17) is 4.74 Å². The number of fused-ring (bicyclic) bond motifs is 1. The van der Waals surface area contributed by atoms with Crippen LogP contribution < -0.4 is 0 Å². The monoisotopic (exact) mass is 360 g/mol. The fourth-order valence-corrected chi connectivity index (χ4v) is 4.14. The molecular formula is C21H32N2O3. The van der Waals surface area contributed by atoms with Crippen LogP contribution in [0.4, 0.5) is 0 Å². The van der Waals surface area contributed by atoms with Crippen LogP contribution >= 0.6 is 0 Å². The average Bonchev–Trinajstić information content (AvgIpc) is 2.97. The third-order valence-electron chi connectivity index (χ3n) is 5.75. The lowest BCUT2D eigenvalue weighted by molar-refractivity contribution is -0.0963. The number of carbonyl (C=O) groups is 2. The van der Waals surface area contributed by atoms with Gasteiger partial charge in [0.15, 0.2) is 5.78 Å². The Hall–Kier alpha value is -1.62. The lowest BCUT2D eigenvalue weighted by atomic mass is 9.93. The Bertz CT molecular complexity index is 677. The molecule has 0 radical (unpaired) electrons. The molecule has 5 nitrogen and oxygen atoms in total. The van der Waals surface area contributed by atoms with E-state index in [0.717, 1.165) is 48.9 Å². The van der Waals surface area contributed by atoms with E-state index in [9.17, 15) is 9.59 Å². The molecule has 1 fully saturated rings. The number of aryl methyl sites for hydroxylation is 1. The highest BCUT2D eigenvalue weighted by atomic mass is 16.5. The van der Waals surface area contributed by atoms with Gasteiger partial charge < -0.3 is 14.6 Å². The van der Waals surface area contributed by atoms with E-state index in [1.54, 1.807) is 0 Å². The van der Waals surface area contributed by atoms with Crippen molar-refractivity contribution in [1.82, 2.24) is 9.88 Å². The van der Waals surface area contributed by atoms with Gasteiger partial charge in [-0.25, -0.2) is 0 Å². The summed E-state index contributed by atoms with van der Waals surface area (Å²) in [6.45, 7) is 9.63. The van der Waals surface area contributed by atoms with Crippen molar-refractivity contribution < 1.29 is 14.3 Å². The van der Waals surface area contributed by atoms with Crippen LogP contribution in [0, 0.1) is 12.8 Å². The van der Waals surface area contributed by atoms with Crippen molar-refractivity contribution in [2.24, 2.45) is 5.92 Å². The molecule has 0 bridgehead atoms. The zero-order valence-corrected chi connectivity index (χ0v) is 16.6. The SMILES string of the molecule is CCCC[C@@H]1CN(C(=O)c2[nH]c3c(c2C)C(=O)CCC3)C[C@H](C(C)C)O1. The van der Waals surface area contributed by atoms with Gasteiger partial charge in [-0.15, -0.1) is 0 Å². The summed E-state index contributed by atoms with van der Waals surface area (Å²) < 4.78 is 6.24. The molecule has 1 aliphatic carbocycles. The van der Waals surface area contributed by atoms with Crippen molar-refractivity contribution in [2.45, 2.75) is 78.4 Å². The number of unbranched alkanes of at least 4 members (excludes halogenated alkanes) is 1. The number of rotatable bonds is 5. The van der Waals surface area contributed by atoms with E-state index >= 15 is 0 Å². The van der Waals surface area contributed by atoms with Gasteiger partial charge in [-0.05, 0) is 37.7 Å². The Labute approximate surface area is 156 Å². The first-order valence-electron chi connectivity index (χ1n) is 10.1. The first-order valence-corrected chi connectivity index (χ1v) is 10.1. The summed E-state index contributed by atoms with van der Waals surface area (Å²) in [5.41, 5.74) is 3.13. The van der Waals surface area contributed by atoms with Gasteiger partial charge in [0.25, 0.3) is 5.91 Å². The topological polar surface area (TPSA) is 62.4 Å². The number of H-pyrrole nitrogens is 1. The third-order valence-corrected chi connectivity index (χ3v) is 5.75. The maximum Gasteiger partial charge on any atom is 0.270 e. The van der Waals surface area contributed by atoms with E-state index in [1.807, 2.05) is 11.8 Å². The summed E-state index contributed by atoms with van der Waals surface area (Å²) in [6, 6.07) is 0. The summed E-state index contributed by atoms with van der Waals surface area (Å²) in [4.78, 5) is 30.7. The molecule has 0 unspecified atom stereocenters. The Morgan fingerprint density at radius 3 is 2.73 bits per heavy atom. The number of nitrogens with one attached hydrogen (secondary N) is 1. The highest BCUT2D eigenvalue weighted by Gasteiger charge is 2.34. The molecule has 144 valence electrons. The fraction of sp³-hybridized carbons (Fsp3) is 0.714. The summed E-state index contributed by atoms with van der Waals surface area (Å²) in [6.07, 6.45) is 5.71. The second-order valence-electron chi connectivity index (χ2n) is 8.15. The zero-order chi connectivity index (χ0) is 18.8.